The number of nitrogens with zero attached hydrogens (tertiary/aromatic N) is 1. The van der Waals surface area contributed by atoms with Crippen LogP contribution in [-0.4, -0.2) is 25.5 Å². The summed E-state index contributed by atoms with van der Waals surface area (Å²) < 4.78 is 5.93. The van der Waals surface area contributed by atoms with Gasteiger partial charge in [0.2, 0.25) is 0 Å². The first kappa shape index (κ1) is 12.7. The third-order valence-corrected chi connectivity index (χ3v) is 3.31. The molecule has 0 radical (unpaired) electrons. The summed E-state index contributed by atoms with van der Waals surface area (Å²) in [4.78, 5) is 4.46. The van der Waals surface area contributed by atoms with Crippen LogP contribution in [0.2, 0.25) is 0 Å². The molecule has 0 unspecified atom stereocenters. The summed E-state index contributed by atoms with van der Waals surface area (Å²) >= 11 is 0. The van der Waals surface area contributed by atoms with E-state index in [0.717, 1.165) is 36.7 Å². The molecule has 1 aliphatic heterocycles. The maximum absolute atomic E-state index is 5.93. The van der Waals surface area contributed by atoms with Crippen molar-refractivity contribution in [1.82, 2.24) is 5.32 Å². The molecule has 1 N–H and O–H groups in total. The van der Waals surface area contributed by atoms with Crippen LogP contribution in [0.25, 0.3) is 0 Å². The van der Waals surface area contributed by atoms with Crippen LogP contribution in [0, 0.1) is 0 Å². The number of rotatable bonds is 5. The van der Waals surface area contributed by atoms with Gasteiger partial charge in [-0.05, 0) is 17.7 Å². The molecular weight excluding hydrogens is 248 g/mol. The average Bonchev–Trinajstić information content (AvgIpc) is 3.03. The number of benzene rings is 2. The van der Waals surface area contributed by atoms with Crippen molar-refractivity contribution >= 4 is 5.84 Å². The monoisotopic (exact) mass is 266 g/mol. The van der Waals surface area contributed by atoms with Gasteiger partial charge in [0.25, 0.3) is 0 Å². The zero-order valence-corrected chi connectivity index (χ0v) is 11.4. The van der Waals surface area contributed by atoms with Crippen molar-refractivity contribution < 1.29 is 4.74 Å². The van der Waals surface area contributed by atoms with E-state index in [9.17, 15) is 0 Å². The van der Waals surface area contributed by atoms with Crippen molar-refractivity contribution in [2.24, 2.45) is 4.99 Å². The minimum absolute atomic E-state index is 0.675. The Morgan fingerprint density at radius 2 is 1.80 bits per heavy atom. The number of para-hydroxylation sites is 1. The van der Waals surface area contributed by atoms with Crippen LogP contribution in [0.3, 0.4) is 0 Å². The van der Waals surface area contributed by atoms with Crippen LogP contribution in [0.5, 0.6) is 5.75 Å². The molecule has 2 aromatic carbocycles. The van der Waals surface area contributed by atoms with Gasteiger partial charge in [0.15, 0.2) is 0 Å². The van der Waals surface area contributed by atoms with Crippen molar-refractivity contribution in [2.45, 2.75) is 6.42 Å². The van der Waals surface area contributed by atoms with Crippen LogP contribution in [0.4, 0.5) is 0 Å². The molecule has 2 aromatic rings. The topological polar surface area (TPSA) is 33.6 Å². The molecular formula is C17H18N2O. The molecule has 0 aliphatic carbocycles. The van der Waals surface area contributed by atoms with Gasteiger partial charge in [-0.25, -0.2) is 0 Å². The van der Waals surface area contributed by atoms with E-state index >= 15 is 0 Å². The molecule has 0 spiro atoms. The van der Waals surface area contributed by atoms with Gasteiger partial charge in [0, 0.05) is 13.0 Å². The van der Waals surface area contributed by atoms with Crippen LogP contribution < -0.4 is 10.1 Å². The SMILES string of the molecule is c1ccc(CCOc2ccccc2C2=NCCN2)cc1. The summed E-state index contributed by atoms with van der Waals surface area (Å²) in [5.74, 6) is 1.84. The molecule has 0 aromatic heterocycles. The number of nitrogens with one attached hydrogen (secondary N) is 1. The van der Waals surface area contributed by atoms with Gasteiger partial charge < -0.3 is 10.1 Å². The van der Waals surface area contributed by atoms with Crippen molar-refractivity contribution in [2.75, 3.05) is 19.7 Å². The summed E-state index contributed by atoms with van der Waals surface area (Å²) in [6.07, 6.45) is 0.912. The number of hydrogen-bond donors (Lipinski definition) is 1. The van der Waals surface area contributed by atoms with Crippen LogP contribution in [0.1, 0.15) is 11.1 Å². The zero-order chi connectivity index (χ0) is 13.6. The number of aliphatic imine (C=N–C) groups is 1. The predicted octanol–water partition coefficient (Wildman–Crippen LogP) is 2.66. The molecule has 20 heavy (non-hydrogen) atoms. The summed E-state index contributed by atoms with van der Waals surface area (Å²) in [5, 5.41) is 3.29. The first-order valence-corrected chi connectivity index (χ1v) is 6.98. The van der Waals surface area contributed by atoms with E-state index in [0.29, 0.717) is 6.61 Å². The first-order chi connectivity index (χ1) is 9.93. The van der Waals surface area contributed by atoms with E-state index in [1.54, 1.807) is 0 Å². The lowest BCUT2D eigenvalue weighted by molar-refractivity contribution is 0.321. The van der Waals surface area contributed by atoms with E-state index in [2.05, 4.69) is 40.6 Å². The van der Waals surface area contributed by atoms with Crippen LogP contribution in [-0.2, 0) is 6.42 Å². The Hall–Kier alpha value is -2.29. The van der Waals surface area contributed by atoms with Crippen molar-refractivity contribution in [3.8, 4) is 5.75 Å². The van der Waals surface area contributed by atoms with Crippen molar-refractivity contribution in [3.05, 3.63) is 65.7 Å². The standard InChI is InChI=1S/C17H18N2O/c1-2-6-14(7-3-1)10-13-20-16-9-5-4-8-15(16)17-18-11-12-19-17/h1-9H,10-13H2,(H,18,19). The molecule has 0 saturated heterocycles. The fourth-order valence-electron chi connectivity index (χ4n) is 2.29. The van der Waals surface area contributed by atoms with E-state index < -0.39 is 0 Å². The second kappa shape index (κ2) is 6.24. The molecule has 102 valence electrons. The Bertz CT molecular complexity index is 593. The van der Waals surface area contributed by atoms with Gasteiger partial charge in [0.05, 0.1) is 18.7 Å². The summed E-state index contributed by atoms with van der Waals surface area (Å²) in [6.45, 7) is 2.43. The second-order valence-electron chi connectivity index (χ2n) is 4.74. The molecule has 3 heteroatoms. The molecule has 0 amide bonds. The second-order valence-corrected chi connectivity index (χ2v) is 4.74. The molecule has 1 aliphatic rings. The van der Waals surface area contributed by atoms with Gasteiger partial charge in [0.1, 0.15) is 11.6 Å². The molecule has 0 saturated carbocycles. The Kier molecular flexibility index (Phi) is 3.97. The zero-order valence-electron chi connectivity index (χ0n) is 11.4. The minimum Gasteiger partial charge on any atom is -0.492 e. The highest BCUT2D eigenvalue weighted by Crippen LogP contribution is 2.19. The molecule has 3 nitrogen and oxygen atoms in total. The predicted molar refractivity (Wildman–Crippen MR) is 81.5 cm³/mol. The Morgan fingerprint density at radius 1 is 1.00 bits per heavy atom. The maximum atomic E-state index is 5.93. The highest BCUT2D eigenvalue weighted by molar-refractivity contribution is 6.02. The fraction of sp³-hybridized carbons (Fsp3) is 0.235. The summed E-state index contributed by atoms with van der Waals surface area (Å²) in [5.41, 5.74) is 2.35. The molecule has 0 bridgehead atoms. The Morgan fingerprint density at radius 3 is 2.60 bits per heavy atom. The van der Waals surface area contributed by atoms with E-state index in [1.807, 2.05) is 24.3 Å². The normalized spacial score (nSPS) is 13.7. The Balaban J connectivity index is 1.65. The van der Waals surface area contributed by atoms with E-state index in [1.165, 1.54) is 5.56 Å². The third kappa shape index (κ3) is 2.99. The lowest BCUT2D eigenvalue weighted by Crippen LogP contribution is -2.20. The quantitative estimate of drug-likeness (QED) is 0.902. The van der Waals surface area contributed by atoms with Gasteiger partial charge in [-0.2, -0.15) is 0 Å². The molecule has 3 rings (SSSR count). The lowest BCUT2D eigenvalue weighted by atomic mass is 10.1. The maximum Gasteiger partial charge on any atom is 0.132 e. The van der Waals surface area contributed by atoms with Crippen molar-refractivity contribution in [3.63, 3.8) is 0 Å². The Labute approximate surface area is 119 Å². The third-order valence-electron chi connectivity index (χ3n) is 3.31. The lowest BCUT2D eigenvalue weighted by Gasteiger charge is -2.11. The molecule has 0 fully saturated rings. The van der Waals surface area contributed by atoms with Crippen LogP contribution >= 0.6 is 0 Å². The first-order valence-electron chi connectivity index (χ1n) is 6.98. The number of amidine groups is 1. The van der Waals surface area contributed by atoms with Crippen LogP contribution in [0.15, 0.2) is 59.6 Å². The highest BCUT2D eigenvalue weighted by Gasteiger charge is 2.12. The largest absolute Gasteiger partial charge is 0.492 e. The summed E-state index contributed by atoms with van der Waals surface area (Å²) in [6, 6.07) is 18.5. The fourth-order valence-corrected chi connectivity index (χ4v) is 2.29. The average molecular weight is 266 g/mol. The minimum atomic E-state index is 0.675. The van der Waals surface area contributed by atoms with E-state index in [4.69, 9.17) is 4.74 Å². The highest BCUT2D eigenvalue weighted by atomic mass is 16.5. The van der Waals surface area contributed by atoms with Gasteiger partial charge >= 0.3 is 0 Å². The molecule has 0 atom stereocenters. The van der Waals surface area contributed by atoms with Gasteiger partial charge in [-0.3, -0.25) is 4.99 Å². The van der Waals surface area contributed by atoms with Crippen molar-refractivity contribution in [1.29, 1.82) is 0 Å². The summed E-state index contributed by atoms with van der Waals surface area (Å²) in [7, 11) is 0. The smallest absolute Gasteiger partial charge is 0.132 e. The number of ether oxygens (including phenoxy) is 1. The molecule has 1 heterocycles. The van der Waals surface area contributed by atoms with E-state index in [-0.39, 0.29) is 0 Å². The number of hydrogen-bond acceptors (Lipinski definition) is 3. The van der Waals surface area contributed by atoms with Gasteiger partial charge in [-0.1, -0.05) is 42.5 Å². The van der Waals surface area contributed by atoms with Gasteiger partial charge in [-0.15, -0.1) is 0 Å².